The number of hydrogen-bond acceptors (Lipinski definition) is 2. The minimum Gasteiger partial charge on any atom is -0.465 e. The van der Waals surface area contributed by atoms with Gasteiger partial charge >= 0.3 is 5.97 Å². The monoisotopic (exact) mass is 452 g/mol. The van der Waals surface area contributed by atoms with Crippen molar-refractivity contribution in [1.29, 1.82) is 0 Å². The molecule has 2 heteroatoms. The molecule has 0 aromatic heterocycles. The second kappa shape index (κ2) is 22.3. The lowest BCUT2D eigenvalue weighted by Crippen LogP contribution is -2.14. The molecular weight excluding hydrogens is 392 g/mol. The summed E-state index contributed by atoms with van der Waals surface area (Å²) in [6, 6.07) is 0. The molecular formula is C30H60O2. The van der Waals surface area contributed by atoms with Gasteiger partial charge in [-0.1, -0.05) is 137 Å². The van der Waals surface area contributed by atoms with Gasteiger partial charge in [0, 0.05) is 6.42 Å². The maximum atomic E-state index is 12.2. The Bertz CT molecular complexity index is 396. The lowest BCUT2D eigenvalue weighted by Gasteiger charge is -2.18. The van der Waals surface area contributed by atoms with E-state index in [-0.39, 0.29) is 5.97 Å². The minimum atomic E-state index is 0.0321. The zero-order valence-electron chi connectivity index (χ0n) is 23.0. The van der Waals surface area contributed by atoms with Crippen LogP contribution >= 0.6 is 0 Å². The van der Waals surface area contributed by atoms with E-state index in [9.17, 15) is 4.79 Å². The highest BCUT2D eigenvalue weighted by Gasteiger charge is 2.13. The van der Waals surface area contributed by atoms with Crippen LogP contribution in [-0.2, 0) is 9.53 Å². The Morgan fingerprint density at radius 1 is 0.625 bits per heavy atom. The van der Waals surface area contributed by atoms with Crippen molar-refractivity contribution in [3.63, 3.8) is 0 Å². The number of esters is 1. The molecule has 0 N–H and O–H groups in total. The third-order valence-corrected chi connectivity index (χ3v) is 6.72. The van der Waals surface area contributed by atoms with E-state index in [2.05, 4.69) is 34.6 Å². The van der Waals surface area contributed by atoms with Crippen LogP contribution in [0.5, 0.6) is 0 Å². The Morgan fingerprint density at radius 2 is 1.06 bits per heavy atom. The van der Waals surface area contributed by atoms with Gasteiger partial charge in [0.05, 0.1) is 6.61 Å². The molecule has 0 heterocycles. The van der Waals surface area contributed by atoms with E-state index in [1.807, 2.05) is 0 Å². The van der Waals surface area contributed by atoms with Crippen LogP contribution in [0.2, 0.25) is 0 Å². The van der Waals surface area contributed by atoms with E-state index in [4.69, 9.17) is 4.74 Å². The second-order valence-electron chi connectivity index (χ2n) is 11.5. The first-order chi connectivity index (χ1) is 15.4. The van der Waals surface area contributed by atoms with Gasteiger partial charge in [-0.2, -0.15) is 0 Å². The quantitative estimate of drug-likeness (QED) is 0.114. The van der Waals surface area contributed by atoms with E-state index < -0.39 is 0 Å². The lowest BCUT2D eigenvalue weighted by molar-refractivity contribution is -0.145. The van der Waals surface area contributed by atoms with Crippen LogP contribution in [-0.4, -0.2) is 12.6 Å². The lowest BCUT2D eigenvalue weighted by atomic mass is 9.89. The largest absolute Gasteiger partial charge is 0.465 e. The number of rotatable bonds is 23. The third-order valence-electron chi connectivity index (χ3n) is 6.72. The molecule has 0 aliphatic rings. The van der Waals surface area contributed by atoms with Crippen molar-refractivity contribution in [2.75, 3.05) is 6.61 Å². The summed E-state index contributed by atoms with van der Waals surface area (Å²) in [6.07, 6.45) is 26.7. The molecule has 0 bridgehead atoms. The van der Waals surface area contributed by atoms with Gasteiger partial charge in [0.15, 0.2) is 0 Å². The molecule has 0 fully saturated rings. The van der Waals surface area contributed by atoms with Gasteiger partial charge in [0.2, 0.25) is 0 Å². The summed E-state index contributed by atoms with van der Waals surface area (Å²) >= 11 is 0. The number of carbonyl (C=O) groups is 1. The molecule has 0 aliphatic carbocycles. The summed E-state index contributed by atoms with van der Waals surface area (Å²) in [4.78, 5) is 12.2. The highest BCUT2D eigenvalue weighted by molar-refractivity contribution is 5.69. The van der Waals surface area contributed by atoms with Crippen molar-refractivity contribution in [1.82, 2.24) is 0 Å². The number of ether oxygens (including phenoxy) is 1. The molecule has 0 amide bonds. The molecule has 32 heavy (non-hydrogen) atoms. The maximum Gasteiger partial charge on any atom is 0.305 e. The molecule has 0 spiro atoms. The fourth-order valence-electron chi connectivity index (χ4n) is 4.48. The third kappa shape index (κ3) is 24.1. The van der Waals surface area contributed by atoms with E-state index >= 15 is 0 Å². The Hall–Kier alpha value is -0.530. The fraction of sp³-hybridized carbons (Fsp3) is 0.967. The zero-order chi connectivity index (χ0) is 23.9. The molecule has 0 aromatic carbocycles. The molecule has 0 saturated heterocycles. The zero-order valence-corrected chi connectivity index (χ0v) is 23.0. The number of hydrogen-bond donors (Lipinski definition) is 0. The molecule has 1 atom stereocenters. The highest BCUT2D eigenvalue weighted by atomic mass is 16.5. The first-order valence-electron chi connectivity index (χ1n) is 14.5. The van der Waals surface area contributed by atoms with Gasteiger partial charge in [0.1, 0.15) is 0 Å². The van der Waals surface area contributed by atoms with Gasteiger partial charge in [-0.3, -0.25) is 4.79 Å². The molecule has 2 nitrogen and oxygen atoms in total. The van der Waals surface area contributed by atoms with Gasteiger partial charge in [0.25, 0.3) is 0 Å². The van der Waals surface area contributed by atoms with Crippen molar-refractivity contribution >= 4 is 5.97 Å². The van der Waals surface area contributed by atoms with Crippen LogP contribution in [0.4, 0.5) is 0 Å². The topological polar surface area (TPSA) is 26.3 Å². The molecule has 0 radical (unpaired) electrons. The Morgan fingerprint density at radius 3 is 1.53 bits per heavy atom. The smallest absolute Gasteiger partial charge is 0.305 e. The van der Waals surface area contributed by atoms with Crippen LogP contribution < -0.4 is 0 Å². The van der Waals surface area contributed by atoms with Crippen molar-refractivity contribution in [2.24, 2.45) is 11.3 Å². The standard InChI is InChI=1S/C30H60O2/c1-6-8-10-12-14-15-17-20-24-28(23-19-16-13-11-9-7-2)27-32-29(31)25-21-18-22-26-30(3,4)5/h28H,6-27H2,1-5H3. The average Bonchev–Trinajstić information content (AvgIpc) is 2.74. The van der Waals surface area contributed by atoms with Crippen molar-refractivity contribution in [3.05, 3.63) is 0 Å². The summed E-state index contributed by atoms with van der Waals surface area (Å²) in [5.41, 5.74) is 0.403. The Labute approximate surface area is 203 Å². The average molecular weight is 453 g/mol. The van der Waals surface area contributed by atoms with Crippen LogP contribution in [0.25, 0.3) is 0 Å². The maximum absolute atomic E-state index is 12.2. The van der Waals surface area contributed by atoms with Gasteiger partial charge in [-0.15, -0.1) is 0 Å². The number of unbranched alkanes of at least 4 members (excludes halogenated alkanes) is 14. The van der Waals surface area contributed by atoms with Crippen molar-refractivity contribution < 1.29 is 9.53 Å². The Kier molecular flexibility index (Phi) is 21.9. The van der Waals surface area contributed by atoms with E-state index in [1.165, 1.54) is 116 Å². The fourth-order valence-corrected chi connectivity index (χ4v) is 4.48. The SMILES string of the molecule is CCCCCCCCCCC(CCCCCCCC)COC(=O)CCCCCC(C)(C)C. The predicted octanol–water partition coefficient (Wildman–Crippen LogP) is 10.4. The van der Waals surface area contributed by atoms with E-state index in [0.717, 1.165) is 12.8 Å². The van der Waals surface area contributed by atoms with E-state index in [0.29, 0.717) is 24.4 Å². The number of carbonyl (C=O) groups excluding carboxylic acids is 1. The first kappa shape index (κ1) is 31.5. The molecule has 0 saturated carbocycles. The predicted molar refractivity (Wildman–Crippen MR) is 142 cm³/mol. The van der Waals surface area contributed by atoms with Crippen LogP contribution in [0.1, 0.15) is 169 Å². The van der Waals surface area contributed by atoms with Crippen molar-refractivity contribution in [3.8, 4) is 0 Å². The minimum absolute atomic E-state index is 0.0321. The molecule has 0 rings (SSSR count). The molecule has 1 unspecified atom stereocenters. The summed E-state index contributed by atoms with van der Waals surface area (Å²) in [7, 11) is 0. The van der Waals surface area contributed by atoms with E-state index in [1.54, 1.807) is 0 Å². The first-order valence-corrected chi connectivity index (χ1v) is 14.5. The van der Waals surface area contributed by atoms with Gasteiger partial charge in [-0.05, 0) is 37.0 Å². The van der Waals surface area contributed by atoms with Crippen LogP contribution in [0.15, 0.2) is 0 Å². The highest BCUT2D eigenvalue weighted by Crippen LogP contribution is 2.23. The van der Waals surface area contributed by atoms with Crippen LogP contribution in [0.3, 0.4) is 0 Å². The Balaban J connectivity index is 4.04. The second-order valence-corrected chi connectivity index (χ2v) is 11.5. The van der Waals surface area contributed by atoms with Crippen LogP contribution in [0, 0.1) is 11.3 Å². The summed E-state index contributed by atoms with van der Waals surface area (Å²) < 4.78 is 5.73. The van der Waals surface area contributed by atoms with Crippen molar-refractivity contribution in [2.45, 2.75) is 169 Å². The molecule has 0 aromatic rings. The van der Waals surface area contributed by atoms with Gasteiger partial charge < -0.3 is 4.74 Å². The van der Waals surface area contributed by atoms with Gasteiger partial charge in [-0.25, -0.2) is 0 Å². The summed E-state index contributed by atoms with van der Waals surface area (Å²) in [6.45, 7) is 12.1. The molecule has 192 valence electrons. The summed E-state index contributed by atoms with van der Waals surface area (Å²) in [5, 5.41) is 0. The normalized spacial score (nSPS) is 12.8. The summed E-state index contributed by atoms with van der Waals surface area (Å²) in [5.74, 6) is 0.607. The molecule has 0 aliphatic heterocycles.